The summed E-state index contributed by atoms with van der Waals surface area (Å²) in [6.45, 7) is 0.660. The number of methoxy groups -OCH3 is 1. The van der Waals surface area contributed by atoms with E-state index in [1.807, 2.05) is 16.9 Å². The lowest BCUT2D eigenvalue weighted by atomic mass is 10.0. The van der Waals surface area contributed by atoms with Crippen LogP contribution >= 0.6 is 23.6 Å². The zero-order chi connectivity index (χ0) is 22.1. The lowest BCUT2D eigenvalue weighted by molar-refractivity contribution is 0.0601. The number of benzene rings is 2. The minimum absolute atomic E-state index is 0.322. The van der Waals surface area contributed by atoms with Crippen LogP contribution in [-0.2, 0) is 24.1 Å². The van der Waals surface area contributed by atoms with Crippen LogP contribution in [0.1, 0.15) is 32.8 Å². The molecule has 2 aromatic heterocycles. The predicted molar refractivity (Wildman–Crippen MR) is 133 cm³/mol. The first-order chi connectivity index (χ1) is 15.6. The standard InChI is InChI=1S/C24H22N4O2S2/c1-30-23(29)21-19-10-5-11-20(19)32-22(21)27-24(31)26-17-12-25-28(14-17)13-16-8-4-7-15-6-2-3-9-18(15)16/h2-4,6-9,12,14H,5,10-11,13H2,1H3,(H2,26,27,31). The van der Waals surface area contributed by atoms with Crippen molar-refractivity contribution in [3.05, 3.63) is 76.4 Å². The number of hydrogen-bond acceptors (Lipinski definition) is 5. The molecule has 1 aliphatic carbocycles. The van der Waals surface area contributed by atoms with E-state index in [0.29, 0.717) is 17.2 Å². The number of hydrogen-bond donors (Lipinski definition) is 2. The van der Waals surface area contributed by atoms with E-state index >= 15 is 0 Å². The van der Waals surface area contributed by atoms with E-state index in [1.165, 1.54) is 28.3 Å². The Balaban J connectivity index is 1.29. The number of nitrogens with one attached hydrogen (secondary N) is 2. The van der Waals surface area contributed by atoms with Crippen molar-refractivity contribution >= 4 is 56.1 Å². The lowest BCUT2D eigenvalue weighted by Gasteiger charge is -2.10. The average molecular weight is 463 g/mol. The van der Waals surface area contributed by atoms with Crippen LogP contribution < -0.4 is 10.6 Å². The maximum Gasteiger partial charge on any atom is 0.341 e. The normalized spacial score (nSPS) is 12.5. The van der Waals surface area contributed by atoms with E-state index in [4.69, 9.17) is 17.0 Å². The van der Waals surface area contributed by atoms with E-state index in [9.17, 15) is 4.79 Å². The first-order valence-electron chi connectivity index (χ1n) is 10.4. The van der Waals surface area contributed by atoms with Gasteiger partial charge in [0.2, 0.25) is 0 Å². The zero-order valence-electron chi connectivity index (χ0n) is 17.6. The summed E-state index contributed by atoms with van der Waals surface area (Å²) in [6, 6.07) is 14.6. The highest BCUT2D eigenvalue weighted by atomic mass is 32.1. The Kier molecular flexibility index (Phi) is 5.63. The van der Waals surface area contributed by atoms with Crippen LogP contribution in [0, 0.1) is 0 Å². The molecule has 0 amide bonds. The van der Waals surface area contributed by atoms with Crippen molar-refractivity contribution in [3.8, 4) is 0 Å². The van der Waals surface area contributed by atoms with Crippen molar-refractivity contribution in [2.45, 2.75) is 25.8 Å². The van der Waals surface area contributed by atoms with Gasteiger partial charge in [0.05, 0.1) is 31.1 Å². The molecule has 0 aliphatic heterocycles. The molecule has 162 valence electrons. The second-order valence-electron chi connectivity index (χ2n) is 7.70. The number of fused-ring (bicyclic) bond motifs is 2. The smallest absolute Gasteiger partial charge is 0.341 e. The Morgan fingerprint density at radius 1 is 1.19 bits per heavy atom. The topological polar surface area (TPSA) is 68.2 Å². The van der Waals surface area contributed by atoms with Crippen molar-refractivity contribution in [2.24, 2.45) is 0 Å². The molecule has 2 aromatic carbocycles. The number of ether oxygens (including phenoxy) is 1. The monoisotopic (exact) mass is 462 g/mol. The highest BCUT2D eigenvalue weighted by Gasteiger charge is 2.27. The van der Waals surface area contributed by atoms with Crippen LogP contribution in [-0.4, -0.2) is 28.0 Å². The van der Waals surface area contributed by atoms with Crippen molar-refractivity contribution in [1.82, 2.24) is 9.78 Å². The van der Waals surface area contributed by atoms with Gasteiger partial charge in [-0.15, -0.1) is 11.3 Å². The number of anilines is 2. The number of thiocarbonyl (C=S) groups is 1. The molecule has 1 aliphatic rings. The molecular formula is C24H22N4O2S2. The van der Waals surface area contributed by atoms with E-state index < -0.39 is 0 Å². The van der Waals surface area contributed by atoms with Gasteiger partial charge < -0.3 is 15.4 Å². The minimum atomic E-state index is -0.322. The predicted octanol–water partition coefficient (Wildman–Crippen LogP) is 5.23. The first kappa shape index (κ1) is 20.7. The molecule has 0 saturated heterocycles. The van der Waals surface area contributed by atoms with Gasteiger partial charge in [0.15, 0.2) is 5.11 Å². The summed E-state index contributed by atoms with van der Waals surface area (Å²) in [5.41, 5.74) is 3.69. The molecule has 2 N–H and O–H groups in total. The molecule has 0 bridgehead atoms. The quantitative estimate of drug-likeness (QED) is 0.313. The molecule has 0 radical (unpaired) electrons. The molecule has 8 heteroatoms. The maximum absolute atomic E-state index is 12.3. The first-order valence-corrected chi connectivity index (χ1v) is 11.6. The van der Waals surface area contributed by atoms with Gasteiger partial charge in [-0.2, -0.15) is 5.10 Å². The van der Waals surface area contributed by atoms with E-state index in [-0.39, 0.29) is 5.97 Å². The zero-order valence-corrected chi connectivity index (χ0v) is 19.2. The van der Waals surface area contributed by atoms with Gasteiger partial charge in [-0.3, -0.25) is 4.68 Å². The highest BCUT2D eigenvalue weighted by molar-refractivity contribution is 7.80. The van der Waals surface area contributed by atoms with Gasteiger partial charge in [0, 0.05) is 11.1 Å². The van der Waals surface area contributed by atoms with E-state index in [1.54, 1.807) is 17.5 Å². The molecule has 4 aromatic rings. The number of nitrogens with zero attached hydrogens (tertiary/aromatic N) is 2. The third-order valence-corrected chi connectivity index (χ3v) is 7.05. The maximum atomic E-state index is 12.3. The van der Waals surface area contributed by atoms with Gasteiger partial charge in [0.1, 0.15) is 5.00 Å². The molecule has 0 saturated carbocycles. The van der Waals surface area contributed by atoms with Gasteiger partial charge in [-0.05, 0) is 53.4 Å². The summed E-state index contributed by atoms with van der Waals surface area (Å²) < 4.78 is 6.88. The third-order valence-electron chi connectivity index (χ3n) is 5.64. The second-order valence-corrected chi connectivity index (χ2v) is 9.21. The molecular weight excluding hydrogens is 440 g/mol. The van der Waals surface area contributed by atoms with Gasteiger partial charge in [-0.25, -0.2) is 4.79 Å². The molecule has 0 unspecified atom stereocenters. The molecule has 5 rings (SSSR count). The fourth-order valence-electron chi connectivity index (χ4n) is 4.20. The third kappa shape index (κ3) is 3.99. The number of rotatable bonds is 5. The molecule has 32 heavy (non-hydrogen) atoms. The van der Waals surface area contributed by atoms with E-state index in [0.717, 1.165) is 35.5 Å². The Labute approximate surface area is 195 Å². The lowest BCUT2D eigenvalue weighted by Crippen LogP contribution is -2.20. The van der Waals surface area contributed by atoms with Crippen molar-refractivity contribution < 1.29 is 9.53 Å². The van der Waals surface area contributed by atoms with Crippen molar-refractivity contribution in [2.75, 3.05) is 17.7 Å². The molecule has 2 heterocycles. The summed E-state index contributed by atoms with van der Waals surface area (Å²) in [5, 5.41) is 14.4. The Morgan fingerprint density at radius 3 is 2.91 bits per heavy atom. The summed E-state index contributed by atoms with van der Waals surface area (Å²) in [7, 11) is 1.41. The van der Waals surface area contributed by atoms with Crippen molar-refractivity contribution in [1.29, 1.82) is 0 Å². The average Bonchev–Trinajstić information content (AvgIpc) is 3.50. The van der Waals surface area contributed by atoms with Crippen LogP contribution in [0.2, 0.25) is 0 Å². The fourth-order valence-corrected chi connectivity index (χ4v) is 5.76. The number of aryl methyl sites for hydroxylation is 1. The van der Waals surface area contributed by atoms with Crippen LogP contribution in [0.5, 0.6) is 0 Å². The Morgan fingerprint density at radius 2 is 2.03 bits per heavy atom. The number of carbonyl (C=O) groups is 1. The minimum Gasteiger partial charge on any atom is -0.465 e. The Hall–Kier alpha value is -3.23. The summed E-state index contributed by atoms with van der Waals surface area (Å²) in [6.07, 6.45) is 6.63. The van der Waals surface area contributed by atoms with Gasteiger partial charge >= 0.3 is 5.97 Å². The van der Waals surface area contributed by atoms with E-state index in [2.05, 4.69) is 52.1 Å². The number of esters is 1. The fraction of sp³-hybridized carbons (Fsp3) is 0.208. The summed E-state index contributed by atoms with van der Waals surface area (Å²) >= 11 is 7.08. The van der Waals surface area contributed by atoms with Gasteiger partial charge in [0.25, 0.3) is 0 Å². The SMILES string of the molecule is COC(=O)c1c(NC(=S)Nc2cnn(Cc3cccc4ccccc34)c2)sc2c1CCC2. The largest absolute Gasteiger partial charge is 0.465 e. The second kappa shape index (κ2) is 8.72. The highest BCUT2D eigenvalue weighted by Crippen LogP contribution is 2.39. The number of thiophene rings is 1. The van der Waals surface area contributed by atoms with Crippen LogP contribution in [0.4, 0.5) is 10.7 Å². The Bertz CT molecular complexity index is 1320. The number of aromatic nitrogens is 2. The summed E-state index contributed by atoms with van der Waals surface area (Å²) in [5.74, 6) is -0.322. The molecule has 0 spiro atoms. The van der Waals surface area contributed by atoms with Crippen LogP contribution in [0.3, 0.4) is 0 Å². The van der Waals surface area contributed by atoms with Gasteiger partial charge in [-0.1, -0.05) is 42.5 Å². The molecule has 0 fully saturated rings. The summed E-state index contributed by atoms with van der Waals surface area (Å²) in [4.78, 5) is 13.6. The molecule has 0 atom stereocenters. The number of carbonyl (C=O) groups excluding carboxylic acids is 1. The van der Waals surface area contributed by atoms with Crippen LogP contribution in [0.25, 0.3) is 10.8 Å². The van der Waals surface area contributed by atoms with Crippen LogP contribution in [0.15, 0.2) is 54.9 Å². The molecule has 6 nitrogen and oxygen atoms in total. The van der Waals surface area contributed by atoms with Crippen molar-refractivity contribution in [3.63, 3.8) is 0 Å².